The van der Waals surface area contributed by atoms with Gasteiger partial charge in [-0.2, -0.15) is 18.3 Å². The molecule has 3 nitrogen and oxygen atoms in total. The van der Waals surface area contributed by atoms with E-state index < -0.39 is 11.9 Å². The quantitative estimate of drug-likeness (QED) is 0.634. The maximum Gasteiger partial charge on any atom is 0.435 e. The van der Waals surface area contributed by atoms with Gasteiger partial charge in [0.2, 0.25) is 0 Å². The van der Waals surface area contributed by atoms with Gasteiger partial charge in [-0.3, -0.25) is 0 Å². The molecule has 1 aromatic heterocycles. The summed E-state index contributed by atoms with van der Waals surface area (Å²) in [4.78, 5) is 0. The van der Waals surface area contributed by atoms with E-state index in [2.05, 4.69) is 12.0 Å². The van der Waals surface area contributed by atoms with Gasteiger partial charge in [0.25, 0.3) is 0 Å². The zero-order chi connectivity index (χ0) is 18.9. The van der Waals surface area contributed by atoms with Crippen LogP contribution >= 0.6 is 0 Å². The third-order valence-electron chi connectivity index (χ3n) is 4.30. The number of alkyl halides is 3. The number of halogens is 3. The maximum atomic E-state index is 13.2. The normalized spacial score (nSPS) is 11.7. The smallest absolute Gasteiger partial charge is 0.399 e. The number of aromatic nitrogens is 2. The lowest BCUT2D eigenvalue weighted by atomic mass is 9.99. The Hall–Kier alpha value is -2.76. The summed E-state index contributed by atoms with van der Waals surface area (Å²) in [5.41, 5.74) is 9.21. The van der Waals surface area contributed by atoms with Gasteiger partial charge in [0.05, 0.1) is 11.4 Å². The molecule has 0 saturated heterocycles. The van der Waals surface area contributed by atoms with Crippen molar-refractivity contribution in [2.24, 2.45) is 0 Å². The second-order valence-corrected chi connectivity index (χ2v) is 6.31. The third kappa shape index (κ3) is 3.59. The van der Waals surface area contributed by atoms with Crippen LogP contribution in [0.3, 0.4) is 0 Å². The lowest BCUT2D eigenvalue weighted by Crippen LogP contribution is -2.07. The fourth-order valence-electron chi connectivity index (χ4n) is 2.91. The molecule has 3 aromatic rings. The van der Waals surface area contributed by atoms with Crippen LogP contribution in [-0.2, 0) is 12.6 Å². The van der Waals surface area contributed by atoms with Crippen molar-refractivity contribution < 1.29 is 13.2 Å². The fourth-order valence-corrected chi connectivity index (χ4v) is 2.91. The second kappa shape index (κ2) is 6.86. The molecule has 0 aliphatic rings. The molecule has 0 fully saturated rings. The van der Waals surface area contributed by atoms with Crippen LogP contribution in [0, 0.1) is 6.92 Å². The fraction of sp³-hybridized carbons (Fsp3) is 0.250. The standard InChI is InChI=1S/C20H20F3N3/c1-3-4-14-11-15(6-5-13(14)2)18-12-19(20(21,22)23)25-26(18)17-9-7-16(24)8-10-17/h5-12H,3-4,24H2,1-2H3. The number of nitrogens with zero attached hydrogens (tertiary/aromatic N) is 2. The highest BCUT2D eigenvalue weighted by Gasteiger charge is 2.35. The van der Waals surface area contributed by atoms with Crippen LogP contribution in [0.2, 0.25) is 0 Å². The van der Waals surface area contributed by atoms with E-state index >= 15 is 0 Å². The number of nitrogens with two attached hydrogens (primary N) is 1. The largest absolute Gasteiger partial charge is 0.435 e. The summed E-state index contributed by atoms with van der Waals surface area (Å²) >= 11 is 0. The summed E-state index contributed by atoms with van der Waals surface area (Å²) in [5, 5.41) is 3.81. The highest BCUT2D eigenvalue weighted by molar-refractivity contribution is 5.65. The van der Waals surface area contributed by atoms with Crippen LogP contribution in [0.5, 0.6) is 0 Å². The number of hydrogen-bond acceptors (Lipinski definition) is 2. The maximum absolute atomic E-state index is 13.2. The molecule has 2 aromatic carbocycles. The average molecular weight is 359 g/mol. The Kier molecular flexibility index (Phi) is 4.76. The van der Waals surface area contributed by atoms with Crippen LogP contribution in [0.15, 0.2) is 48.5 Å². The minimum atomic E-state index is -4.51. The number of hydrogen-bond donors (Lipinski definition) is 1. The lowest BCUT2D eigenvalue weighted by Gasteiger charge is -2.11. The first-order valence-corrected chi connectivity index (χ1v) is 8.42. The van der Waals surface area contributed by atoms with E-state index in [0.717, 1.165) is 30.0 Å². The number of anilines is 1. The molecule has 1 heterocycles. The Balaban J connectivity index is 2.18. The number of benzene rings is 2. The molecule has 26 heavy (non-hydrogen) atoms. The van der Waals surface area contributed by atoms with Gasteiger partial charge in [0.15, 0.2) is 5.69 Å². The molecule has 3 rings (SSSR count). The van der Waals surface area contributed by atoms with Crippen LogP contribution < -0.4 is 5.73 Å². The zero-order valence-electron chi connectivity index (χ0n) is 14.6. The molecule has 0 radical (unpaired) electrons. The Labute approximate surface area is 150 Å². The summed E-state index contributed by atoms with van der Waals surface area (Å²) in [7, 11) is 0. The van der Waals surface area contributed by atoms with E-state index in [1.165, 1.54) is 4.68 Å². The average Bonchev–Trinajstić information content (AvgIpc) is 3.03. The van der Waals surface area contributed by atoms with E-state index in [0.29, 0.717) is 22.6 Å². The van der Waals surface area contributed by atoms with E-state index in [1.807, 2.05) is 25.1 Å². The highest BCUT2D eigenvalue weighted by atomic mass is 19.4. The third-order valence-corrected chi connectivity index (χ3v) is 4.30. The molecule has 2 N–H and O–H groups in total. The van der Waals surface area contributed by atoms with E-state index in [-0.39, 0.29) is 0 Å². The minimum absolute atomic E-state index is 0.402. The number of nitrogen functional groups attached to an aromatic ring is 1. The monoisotopic (exact) mass is 359 g/mol. The predicted octanol–water partition coefficient (Wildman–Crippen LogP) is 5.40. The molecular weight excluding hydrogens is 339 g/mol. The van der Waals surface area contributed by atoms with Gasteiger partial charge in [0, 0.05) is 11.3 Å². The zero-order valence-corrected chi connectivity index (χ0v) is 14.6. The second-order valence-electron chi connectivity index (χ2n) is 6.31. The molecule has 0 atom stereocenters. The minimum Gasteiger partial charge on any atom is -0.399 e. The van der Waals surface area contributed by atoms with E-state index in [9.17, 15) is 13.2 Å². The lowest BCUT2D eigenvalue weighted by molar-refractivity contribution is -0.141. The molecule has 0 bridgehead atoms. The van der Waals surface area contributed by atoms with Crippen LogP contribution in [0.1, 0.15) is 30.2 Å². The predicted molar refractivity (Wildman–Crippen MR) is 97.1 cm³/mol. The topological polar surface area (TPSA) is 43.8 Å². The molecule has 0 aliphatic heterocycles. The van der Waals surface area contributed by atoms with Gasteiger partial charge < -0.3 is 5.73 Å². The van der Waals surface area contributed by atoms with Gasteiger partial charge in [-0.05, 0) is 60.9 Å². The first-order valence-electron chi connectivity index (χ1n) is 8.42. The van der Waals surface area contributed by atoms with Crippen molar-refractivity contribution in [2.45, 2.75) is 32.9 Å². The number of aryl methyl sites for hydroxylation is 2. The van der Waals surface area contributed by atoms with Crippen molar-refractivity contribution in [3.05, 3.63) is 65.4 Å². The van der Waals surface area contributed by atoms with Gasteiger partial charge in [-0.25, -0.2) is 4.68 Å². The SMILES string of the molecule is CCCc1cc(-c2cc(C(F)(F)F)nn2-c2ccc(N)cc2)ccc1C. The van der Waals surface area contributed by atoms with Crippen molar-refractivity contribution in [3.63, 3.8) is 0 Å². The molecule has 136 valence electrons. The Morgan fingerprint density at radius 2 is 1.73 bits per heavy atom. The van der Waals surface area contributed by atoms with Crippen molar-refractivity contribution in [1.29, 1.82) is 0 Å². The van der Waals surface area contributed by atoms with Crippen molar-refractivity contribution in [1.82, 2.24) is 9.78 Å². The van der Waals surface area contributed by atoms with Gasteiger partial charge >= 0.3 is 6.18 Å². The van der Waals surface area contributed by atoms with E-state index in [4.69, 9.17) is 5.73 Å². The Morgan fingerprint density at radius 3 is 2.35 bits per heavy atom. The molecule has 0 aliphatic carbocycles. The summed E-state index contributed by atoms with van der Waals surface area (Å²) in [6.07, 6.45) is -2.66. The highest BCUT2D eigenvalue weighted by Crippen LogP contribution is 2.34. The van der Waals surface area contributed by atoms with Crippen molar-refractivity contribution in [2.75, 3.05) is 5.73 Å². The molecule has 0 saturated carbocycles. The van der Waals surface area contributed by atoms with Crippen LogP contribution in [-0.4, -0.2) is 9.78 Å². The summed E-state index contributed by atoms with van der Waals surface area (Å²) in [6.45, 7) is 4.08. The first-order chi connectivity index (χ1) is 12.3. The summed E-state index contributed by atoms with van der Waals surface area (Å²) in [5.74, 6) is 0. The van der Waals surface area contributed by atoms with Crippen molar-refractivity contribution >= 4 is 5.69 Å². The number of rotatable bonds is 4. The van der Waals surface area contributed by atoms with Crippen molar-refractivity contribution in [3.8, 4) is 16.9 Å². The summed E-state index contributed by atoms with van der Waals surface area (Å²) in [6, 6.07) is 13.4. The molecule has 6 heteroatoms. The Morgan fingerprint density at radius 1 is 1.04 bits per heavy atom. The van der Waals surface area contributed by atoms with Gasteiger partial charge in [-0.15, -0.1) is 0 Å². The first kappa shape index (κ1) is 18.0. The Bertz CT molecular complexity index is 909. The van der Waals surface area contributed by atoms with Gasteiger partial charge in [-0.1, -0.05) is 25.5 Å². The summed E-state index contributed by atoms with van der Waals surface area (Å²) < 4.78 is 41.1. The van der Waals surface area contributed by atoms with Gasteiger partial charge in [0.1, 0.15) is 0 Å². The van der Waals surface area contributed by atoms with Crippen LogP contribution in [0.25, 0.3) is 16.9 Å². The molecular formula is C20H20F3N3. The molecule has 0 spiro atoms. The molecule has 0 amide bonds. The molecule has 0 unspecified atom stereocenters. The van der Waals surface area contributed by atoms with E-state index in [1.54, 1.807) is 24.3 Å². The van der Waals surface area contributed by atoms with Crippen LogP contribution in [0.4, 0.5) is 18.9 Å².